The first-order valence-electron chi connectivity index (χ1n) is 7.86. The number of allylic oxidation sites excluding steroid dienone is 1. The van der Waals surface area contributed by atoms with Crippen LogP contribution < -0.4 is 0 Å². The Morgan fingerprint density at radius 1 is 1.35 bits per heavy atom. The topological polar surface area (TPSA) is 43.4 Å². The third kappa shape index (κ3) is 5.89. The van der Waals surface area contributed by atoms with Crippen molar-refractivity contribution >= 4 is 11.8 Å². The summed E-state index contributed by atoms with van der Waals surface area (Å²) in [6.45, 7) is 6.47. The quantitative estimate of drug-likeness (QED) is 0.382. The van der Waals surface area contributed by atoms with Crippen LogP contribution >= 0.6 is 0 Å². The average Bonchev–Trinajstić information content (AvgIpc) is 2.71. The average molecular weight is 280 g/mol. The molecule has 3 heteroatoms. The zero-order valence-electron chi connectivity index (χ0n) is 13.1. The van der Waals surface area contributed by atoms with Crippen molar-refractivity contribution in [2.24, 2.45) is 11.8 Å². The Hall–Kier alpha value is -1.12. The molecule has 2 atom stereocenters. The summed E-state index contributed by atoms with van der Waals surface area (Å²) in [6.07, 6.45) is 8.16. The molecule has 0 radical (unpaired) electrons. The second-order valence-electron chi connectivity index (χ2n) is 6.04. The number of carbonyl (C=O) groups excluding carboxylic acids is 2. The van der Waals surface area contributed by atoms with Crippen molar-refractivity contribution in [3.05, 3.63) is 11.6 Å². The number of ketones is 1. The van der Waals surface area contributed by atoms with Crippen molar-refractivity contribution < 1.29 is 14.3 Å². The first-order chi connectivity index (χ1) is 9.54. The lowest BCUT2D eigenvalue weighted by Gasteiger charge is -2.17. The van der Waals surface area contributed by atoms with Gasteiger partial charge in [0, 0.05) is 18.8 Å². The predicted octanol–water partition coefficient (Wildman–Crippen LogP) is 4.06. The predicted molar refractivity (Wildman–Crippen MR) is 80.4 cm³/mol. The highest BCUT2D eigenvalue weighted by Gasteiger charge is 2.35. The summed E-state index contributed by atoms with van der Waals surface area (Å²) in [7, 11) is 0. The minimum Gasteiger partial charge on any atom is -0.461 e. The molecule has 0 aromatic carbocycles. The van der Waals surface area contributed by atoms with Crippen molar-refractivity contribution in [1.82, 2.24) is 0 Å². The third-order valence-electron chi connectivity index (χ3n) is 4.03. The first-order valence-corrected chi connectivity index (χ1v) is 7.86. The molecule has 0 heterocycles. The molecule has 0 spiro atoms. The molecule has 1 fully saturated rings. The third-order valence-corrected chi connectivity index (χ3v) is 4.03. The van der Waals surface area contributed by atoms with E-state index < -0.39 is 0 Å². The first kappa shape index (κ1) is 16.9. The highest BCUT2D eigenvalue weighted by Crippen LogP contribution is 2.35. The summed E-state index contributed by atoms with van der Waals surface area (Å²) in [5, 5.41) is 0. The van der Waals surface area contributed by atoms with Crippen LogP contribution in [-0.4, -0.2) is 18.4 Å². The van der Waals surface area contributed by atoms with Crippen LogP contribution in [0, 0.1) is 11.8 Å². The molecule has 2 unspecified atom stereocenters. The molecule has 1 aliphatic rings. The maximum Gasteiger partial charge on any atom is 0.306 e. The number of Topliss-reactive ketones (excluding diaryl/α,β-unsaturated/α-hetero) is 1. The molecular formula is C17H28O3. The highest BCUT2D eigenvalue weighted by molar-refractivity contribution is 5.84. The minimum atomic E-state index is -0.164. The Morgan fingerprint density at radius 3 is 2.75 bits per heavy atom. The van der Waals surface area contributed by atoms with E-state index >= 15 is 0 Å². The van der Waals surface area contributed by atoms with Crippen LogP contribution in [0.2, 0.25) is 0 Å². The van der Waals surface area contributed by atoms with Crippen molar-refractivity contribution in [3.63, 3.8) is 0 Å². The second-order valence-corrected chi connectivity index (χ2v) is 6.04. The molecule has 0 amide bonds. The summed E-state index contributed by atoms with van der Waals surface area (Å²) in [4.78, 5) is 23.7. The summed E-state index contributed by atoms with van der Waals surface area (Å²) < 4.78 is 5.20. The Kier molecular flexibility index (Phi) is 7.56. The van der Waals surface area contributed by atoms with E-state index in [1.807, 2.05) is 19.9 Å². The van der Waals surface area contributed by atoms with Gasteiger partial charge >= 0.3 is 5.97 Å². The molecule has 0 aliphatic heterocycles. The van der Waals surface area contributed by atoms with E-state index in [1.165, 1.54) is 6.42 Å². The van der Waals surface area contributed by atoms with Gasteiger partial charge in [0.1, 0.15) is 12.4 Å². The van der Waals surface area contributed by atoms with Gasteiger partial charge in [-0.05, 0) is 38.7 Å². The van der Waals surface area contributed by atoms with Crippen molar-refractivity contribution in [2.45, 2.75) is 65.7 Å². The number of hydrogen-bond donors (Lipinski definition) is 0. The molecule has 0 aromatic rings. The molecule has 1 aliphatic carbocycles. The van der Waals surface area contributed by atoms with Gasteiger partial charge in [-0.25, -0.2) is 0 Å². The smallest absolute Gasteiger partial charge is 0.306 e. The zero-order valence-corrected chi connectivity index (χ0v) is 13.1. The highest BCUT2D eigenvalue weighted by atomic mass is 16.5. The van der Waals surface area contributed by atoms with E-state index in [9.17, 15) is 9.59 Å². The minimum absolute atomic E-state index is 0.0950. The lowest BCUT2D eigenvalue weighted by Crippen LogP contribution is -2.19. The maximum absolute atomic E-state index is 11.9. The fourth-order valence-corrected chi connectivity index (χ4v) is 2.81. The maximum atomic E-state index is 11.9. The van der Waals surface area contributed by atoms with Crippen LogP contribution in [0.25, 0.3) is 0 Å². The van der Waals surface area contributed by atoms with Gasteiger partial charge in [0.05, 0.1) is 0 Å². The van der Waals surface area contributed by atoms with Gasteiger partial charge in [0.25, 0.3) is 0 Å². The number of unbranched alkanes of at least 4 members (excludes halogenated alkanes) is 2. The summed E-state index contributed by atoms with van der Waals surface area (Å²) in [5.74, 6) is 0.488. The van der Waals surface area contributed by atoms with Crippen LogP contribution in [0.15, 0.2) is 11.6 Å². The fraction of sp³-hybridized carbons (Fsp3) is 0.765. The van der Waals surface area contributed by atoms with Gasteiger partial charge in [-0.1, -0.05) is 31.8 Å². The molecule has 0 bridgehead atoms. The van der Waals surface area contributed by atoms with Crippen molar-refractivity contribution in [1.29, 1.82) is 0 Å². The van der Waals surface area contributed by atoms with Crippen molar-refractivity contribution in [2.75, 3.05) is 6.61 Å². The van der Waals surface area contributed by atoms with Gasteiger partial charge in [0.2, 0.25) is 0 Å². The normalized spacial score (nSPS) is 21.9. The Balaban J connectivity index is 2.38. The van der Waals surface area contributed by atoms with Crippen LogP contribution in [0.4, 0.5) is 0 Å². The van der Waals surface area contributed by atoms with E-state index in [0.29, 0.717) is 25.2 Å². The largest absolute Gasteiger partial charge is 0.461 e. The number of hydrogen-bond acceptors (Lipinski definition) is 3. The number of rotatable bonds is 8. The molecule has 1 saturated carbocycles. The molecule has 0 saturated heterocycles. The Bertz CT molecular complexity index is 353. The molecule has 0 aromatic heterocycles. The summed E-state index contributed by atoms with van der Waals surface area (Å²) >= 11 is 0. The molecular weight excluding hydrogens is 252 g/mol. The molecule has 1 rings (SSSR count). The van der Waals surface area contributed by atoms with Crippen LogP contribution in [0.5, 0.6) is 0 Å². The molecule has 114 valence electrons. The Labute approximate surface area is 122 Å². The van der Waals surface area contributed by atoms with E-state index in [4.69, 9.17) is 4.74 Å². The lowest BCUT2D eigenvalue weighted by molar-refractivity contribution is -0.143. The SMILES string of the molecule is CCCCCC1C(=O)CCC1CC(=O)OCC=C(C)C. The van der Waals surface area contributed by atoms with E-state index in [1.54, 1.807) is 0 Å². The standard InChI is InChI=1S/C17H28O3/c1-4-5-6-7-15-14(8-9-16(15)18)12-17(19)20-11-10-13(2)3/h10,14-15H,4-9,11-12H2,1-3H3. The molecule has 3 nitrogen and oxygen atoms in total. The number of ether oxygens (including phenoxy) is 1. The van der Waals surface area contributed by atoms with Gasteiger partial charge in [0.15, 0.2) is 0 Å². The molecule has 20 heavy (non-hydrogen) atoms. The zero-order chi connectivity index (χ0) is 15.0. The van der Waals surface area contributed by atoms with Crippen LogP contribution in [0.1, 0.15) is 65.7 Å². The Morgan fingerprint density at radius 2 is 2.10 bits per heavy atom. The summed E-state index contributed by atoms with van der Waals surface area (Å²) in [5.41, 5.74) is 1.14. The number of esters is 1. The van der Waals surface area contributed by atoms with E-state index in [-0.39, 0.29) is 17.8 Å². The fourth-order valence-electron chi connectivity index (χ4n) is 2.81. The summed E-state index contributed by atoms with van der Waals surface area (Å²) in [6, 6.07) is 0. The molecule has 0 N–H and O–H groups in total. The van der Waals surface area contributed by atoms with Gasteiger partial charge in [-0.3, -0.25) is 9.59 Å². The van der Waals surface area contributed by atoms with Gasteiger partial charge in [-0.15, -0.1) is 0 Å². The van der Waals surface area contributed by atoms with Crippen molar-refractivity contribution in [3.8, 4) is 0 Å². The lowest BCUT2D eigenvalue weighted by atomic mass is 9.88. The number of carbonyl (C=O) groups is 2. The second kappa shape index (κ2) is 8.93. The van der Waals surface area contributed by atoms with Crippen LogP contribution in [0.3, 0.4) is 0 Å². The monoisotopic (exact) mass is 280 g/mol. The van der Waals surface area contributed by atoms with E-state index in [2.05, 4.69) is 6.92 Å². The van der Waals surface area contributed by atoms with Crippen LogP contribution in [-0.2, 0) is 14.3 Å². The van der Waals surface area contributed by atoms with E-state index in [0.717, 1.165) is 31.3 Å². The van der Waals surface area contributed by atoms with Gasteiger partial charge < -0.3 is 4.74 Å². The van der Waals surface area contributed by atoms with Gasteiger partial charge in [-0.2, -0.15) is 0 Å².